The van der Waals surface area contributed by atoms with Crippen molar-refractivity contribution in [2.75, 3.05) is 40.3 Å². The number of likely N-dealkylation sites (N-methyl/N-ethyl adjacent to an activating group) is 1. The largest absolute Gasteiger partial charge is 0.376 e. The highest BCUT2D eigenvalue weighted by Gasteiger charge is 2.28. The van der Waals surface area contributed by atoms with E-state index in [4.69, 9.17) is 4.74 Å². The Morgan fingerprint density at radius 2 is 2.08 bits per heavy atom. The molecule has 0 bridgehead atoms. The molecule has 2 amide bonds. The lowest BCUT2D eigenvalue weighted by atomic mass is 10.1. The molecule has 8 nitrogen and oxygen atoms in total. The molecule has 1 fully saturated rings. The van der Waals surface area contributed by atoms with Crippen LogP contribution in [-0.4, -0.2) is 72.7 Å². The van der Waals surface area contributed by atoms with E-state index in [0.29, 0.717) is 24.6 Å². The normalized spacial score (nSPS) is 19.4. The maximum absolute atomic E-state index is 12.6. The van der Waals surface area contributed by atoms with Gasteiger partial charge in [-0.2, -0.15) is 0 Å². The van der Waals surface area contributed by atoms with Gasteiger partial charge in [-0.3, -0.25) is 9.59 Å². The van der Waals surface area contributed by atoms with Crippen LogP contribution < -0.4 is 10.6 Å². The second-order valence-corrected chi connectivity index (χ2v) is 7.24. The third kappa shape index (κ3) is 4.42. The van der Waals surface area contributed by atoms with Gasteiger partial charge >= 0.3 is 0 Å². The van der Waals surface area contributed by atoms with Gasteiger partial charge in [0.15, 0.2) is 5.82 Å². The second-order valence-electron chi connectivity index (χ2n) is 7.24. The Kier molecular flexibility index (Phi) is 6.26. The summed E-state index contributed by atoms with van der Waals surface area (Å²) in [6.45, 7) is 3.30. The second kappa shape index (κ2) is 8.64. The smallest absolute Gasteiger partial charge is 0.287 e. The van der Waals surface area contributed by atoms with Crippen LogP contribution in [0.5, 0.6) is 0 Å². The number of aromatic nitrogens is 2. The Morgan fingerprint density at radius 1 is 1.23 bits per heavy atom. The highest BCUT2D eigenvalue weighted by Crippen LogP contribution is 2.21. The average molecular weight is 363 g/mol. The first kappa shape index (κ1) is 18.8. The third-order valence-electron chi connectivity index (χ3n) is 4.89. The molecule has 2 aliphatic heterocycles. The van der Waals surface area contributed by atoms with Gasteiger partial charge in [0.2, 0.25) is 0 Å². The highest BCUT2D eigenvalue weighted by molar-refractivity contribution is 5.97. The Balaban J connectivity index is 1.70. The number of amides is 2. The molecule has 1 saturated heterocycles. The summed E-state index contributed by atoms with van der Waals surface area (Å²) in [6, 6.07) is 0. The maximum Gasteiger partial charge on any atom is 0.287 e. The van der Waals surface area contributed by atoms with Gasteiger partial charge < -0.3 is 24.8 Å². The number of nitrogens with zero attached hydrogens (tertiary/aromatic N) is 3. The molecule has 0 spiro atoms. The molecule has 1 unspecified atom stereocenters. The van der Waals surface area contributed by atoms with Gasteiger partial charge in [-0.05, 0) is 46.2 Å². The lowest BCUT2D eigenvalue weighted by Gasteiger charge is -2.17. The fourth-order valence-electron chi connectivity index (χ4n) is 3.47. The third-order valence-corrected chi connectivity index (χ3v) is 4.89. The van der Waals surface area contributed by atoms with E-state index < -0.39 is 0 Å². The van der Waals surface area contributed by atoms with E-state index in [1.807, 2.05) is 23.6 Å². The molecule has 1 aromatic heterocycles. The molecule has 144 valence electrons. The molecule has 2 N–H and O–H groups in total. The Morgan fingerprint density at radius 3 is 2.81 bits per heavy atom. The number of nitrogens with one attached hydrogen (secondary N) is 2. The van der Waals surface area contributed by atoms with Gasteiger partial charge in [-0.15, -0.1) is 0 Å². The molecule has 0 saturated carbocycles. The first-order valence-electron chi connectivity index (χ1n) is 9.48. The molecule has 26 heavy (non-hydrogen) atoms. The fourth-order valence-corrected chi connectivity index (χ4v) is 3.47. The first-order chi connectivity index (χ1) is 12.6. The van der Waals surface area contributed by atoms with Gasteiger partial charge in [-0.1, -0.05) is 0 Å². The van der Waals surface area contributed by atoms with Crippen LogP contribution in [-0.2, 0) is 17.7 Å². The number of rotatable bonds is 7. The number of hydrogen-bond donors (Lipinski definition) is 2. The lowest BCUT2D eigenvalue weighted by Crippen LogP contribution is -2.34. The molecule has 8 heteroatoms. The molecule has 0 aromatic carbocycles. The predicted octanol–water partition coefficient (Wildman–Crippen LogP) is 0.420. The van der Waals surface area contributed by atoms with E-state index in [-0.39, 0.29) is 17.9 Å². The molecule has 0 radical (unpaired) electrons. The van der Waals surface area contributed by atoms with Crippen molar-refractivity contribution in [3.63, 3.8) is 0 Å². The van der Waals surface area contributed by atoms with Crippen LogP contribution in [0.4, 0.5) is 0 Å². The number of imidazole rings is 1. The number of fused-ring (bicyclic) bond motifs is 1. The van der Waals surface area contributed by atoms with Crippen molar-refractivity contribution < 1.29 is 14.3 Å². The van der Waals surface area contributed by atoms with E-state index >= 15 is 0 Å². The SMILES string of the molecule is CN(C)CCNC(=O)c1nc(C(=O)NCC2CCCO2)n2c1CCCC2. The van der Waals surface area contributed by atoms with E-state index in [1.165, 1.54) is 0 Å². The van der Waals surface area contributed by atoms with Crippen LogP contribution in [0.3, 0.4) is 0 Å². The Labute approximate surface area is 154 Å². The zero-order chi connectivity index (χ0) is 18.5. The monoisotopic (exact) mass is 363 g/mol. The first-order valence-corrected chi connectivity index (χ1v) is 9.48. The molecular weight excluding hydrogens is 334 g/mol. The van der Waals surface area contributed by atoms with Crippen molar-refractivity contribution >= 4 is 11.8 Å². The van der Waals surface area contributed by atoms with Crippen molar-refractivity contribution in [2.45, 2.75) is 44.8 Å². The van der Waals surface area contributed by atoms with Crippen LogP contribution in [0.15, 0.2) is 0 Å². The van der Waals surface area contributed by atoms with E-state index in [0.717, 1.165) is 57.5 Å². The van der Waals surface area contributed by atoms with Gasteiger partial charge in [-0.25, -0.2) is 4.98 Å². The van der Waals surface area contributed by atoms with Crippen molar-refractivity contribution in [3.8, 4) is 0 Å². The molecule has 3 rings (SSSR count). The molecule has 0 aliphatic carbocycles. The number of hydrogen-bond acceptors (Lipinski definition) is 5. The summed E-state index contributed by atoms with van der Waals surface area (Å²) < 4.78 is 7.46. The minimum atomic E-state index is -0.226. The Bertz CT molecular complexity index is 649. The summed E-state index contributed by atoms with van der Waals surface area (Å²) in [6.07, 6.45) is 4.89. The van der Waals surface area contributed by atoms with E-state index in [9.17, 15) is 9.59 Å². The van der Waals surface area contributed by atoms with Crippen LogP contribution in [0, 0.1) is 0 Å². The maximum atomic E-state index is 12.6. The van der Waals surface area contributed by atoms with Gasteiger partial charge in [0.25, 0.3) is 11.8 Å². The van der Waals surface area contributed by atoms with Gasteiger partial charge in [0.1, 0.15) is 5.69 Å². The van der Waals surface area contributed by atoms with Crippen molar-refractivity contribution in [1.82, 2.24) is 25.1 Å². The van der Waals surface area contributed by atoms with Gasteiger partial charge in [0.05, 0.1) is 11.8 Å². The molecular formula is C18H29N5O3. The van der Waals surface area contributed by atoms with Crippen LogP contribution in [0.1, 0.15) is 52.5 Å². The Hall–Kier alpha value is -1.93. The summed E-state index contributed by atoms with van der Waals surface area (Å²) in [4.78, 5) is 31.6. The zero-order valence-electron chi connectivity index (χ0n) is 15.7. The zero-order valence-corrected chi connectivity index (χ0v) is 15.7. The van der Waals surface area contributed by atoms with Crippen molar-refractivity contribution in [3.05, 3.63) is 17.2 Å². The number of ether oxygens (including phenoxy) is 1. The predicted molar refractivity (Wildman–Crippen MR) is 97.4 cm³/mol. The van der Waals surface area contributed by atoms with Crippen LogP contribution in [0.25, 0.3) is 0 Å². The summed E-state index contributed by atoms with van der Waals surface area (Å²) in [5, 5.41) is 5.82. The summed E-state index contributed by atoms with van der Waals surface area (Å²) in [7, 11) is 3.92. The van der Waals surface area contributed by atoms with Crippen molar-refractivity contribution in [1.29, 1.82) is 0 Å². The summed E-state index contributed by atoms with van der Waals surface area (Å²) >= 11 is 0. The highest BCUT2D eigenvalue weighted by atomic mass is 16.5. The molecule has 1 atom stereocenters. The standard InChI is InChI=1S/C18H29N5O3/c1-22(2)10-8-19-17(24)15-14-7-3-4-9-23(14)16(21-15)18(25)20-12-13-6-5-11-26-13/h13H,3-12H2,1-2H3,(H,19,24)(H,20,25). The lowest BCUT2D eigenvalue weighted by molar-refractivity contribution is 0.0845. The van der Waals surface area contributed by atoms with E-state index in [2.05, 4.69) is 15.6 Å². The fraction of sp³-hybridized carbons (Fsp3) is 0.722. The summed E-state index contributed by atoms with van der Waals surface area (Å²) in [5.74, 6) is -0.0814. The van der Waals surface area contributed by atoms with Crippen molar-refractivity contribution in [2.24, 2.45) is 0 Å². The minimum Gasteiger partial charge on any atom is -0.376 e. The van der Waals surface area contributed by atoms with Crippen LogP contribution in [0.2, 0.25) is 0 Å². The number of carbonyl (C=O) groups is 2. The molecule has 3 heterocycles. The number of carbonyl (C=O) groups excluding carboxylic acids is 2. The average Bonchev–Trinajstić information content (AvgIpc) is 3.27. The topological polar surface area (TPSA) is 88.5 Å². The molecule has 1 aromatic rings. The van der Waals surface area contributed by atoms with Gasteiger partial charge in [0, 0.05) is 32.8 Å². The minimum absolute atomic E-state index is 0.0866. The quantitative estimate of drug-likeness (QED) is 0.733. The van der Waals surface area contributed by atoms with Crippen LogP contribution >= 0.6 is 0 Å². The van der Waals surface area contributed by atoms with E-state index in [1.54, 1.807) is 0 Å². The molecule has 2 aliphatic rings. The summed E-state index contributed by atoms with van der Waals surface area (Å²) in [5.41, 5.74) is 1.27.